The Labute approximate surface area is 94.4 Å². The Kier molecular flexibility index (Phi) is 3.02. The second-order valence-corrected chi connectivity index (χ2v) is 4.28. The van der Waals surface area contributed by atoms with Crippen LogP contribution in [0.3, 0.4) is 0 Å². The predicted octanol–water partition coefficient (Wildman–Crippen LogP) is 3.29. The van der Waals surface area contributed by atoms with Crippen molar-refractivity contribution in [1.82, 2.24) is 0 Å². The van der Waals surface area contributed by atoms with Crippen LogP contribution in [0.1, 0.15) is 5.56 Å². The van der Waals surface area contributed by atoms with Crippen LogP contribution in [0.15, 0.2) is 42.7 Å². The molecule has 0 fully saturated rings. The molecule has 0 unspecified atom stereocenters. The molecule has 0 bridgehead atoms. The molecule has 0 saturated heterocycles. The first-order chi connectivity index (χ1) is 7.27. The fraction of sp³-hybridized carbons (Fsp3) is 0.167. The summed E-state index contributed by atoms with van der Waals surface area (Å²) >= 11 is 1.39. The van der Waals surface area contributed by atoms with Crippen molar-refractivity contribution in [3.63, 3.8) is 0 Å². The molecular formula is C12H13NOS. The Morgan fingerprint density at radius 2 is 1.87 bits per heavy atom. The summed E-state index contributed by atoms with van der Waals surface area (Å²) in [5.74, 6) is 0. The van der Waals surface area contributed by atoms with E-state index in [-0.39, 0.29) is 0 Å². The summed E-state index contributed by atoms with van der Waals surface area (Å²) in [4.78, 5) is 3.23. The highest BCUT2D eigenvalue weighted by Gasteiger charge is 2.05. The third kappa shape index (κ3) is 2.36. The topological polar surface area (TPSA) is 12.5 Å². The van der Waals surface area contributed by atoms with Gasteiger partial charge in [-0.3, -0.25) is 0 Å². The van der Waals surface area contributed by atoms with Crippen LogP contribution in [-0.2, 0) is 4.18 Å². The van der Waals surface area contributed by atoms with E-state index in [1.165, 1.54) is 23.3 Å². The Morgan fingerprint density at radius 1 is 1.13 bits per heavy atom. The monoisotopic (exact) mass is 219 g/mol. The summed E-state index contributed by atoms with van der Waals surface area (Å²) in [6, 6.07) is 8.43. The third-order valence-corrected chi connectivity index (χ3v) is 2.95. The zero-order valence-electron chi connectivity index (χ0n) is 8.81. The van der Waals surface area contributed by atoms with Crippen LogP contribution >= 0.6 is 12.0 Å². The molecule has 0 radical (unpaired) electrons. The summed E-state index contributed by atoms with van der Waals surface area (Å²) < 4.78 is 5.17. The van der Waals surface area contributed by atoms with Crippen LogP contribution in [0.5, 0.6) is 0 Å². The van der Waals surface area contributed by atoms with Gasteiger partial charge in [0.05, 0.1) is 16.9 Å². The van der Waals surface area contributed by atoms with Gasteiger partial charge < -0.3 is 9.08 Å². The average Bonchev–Trinajstić information content (AvgIpc) is 2.30. The van der Waals surface area contributed by atoms with E-state index in [2.05, 4.69) is 35.2 Å². The number of benzene rings is 1. The Balaban J connectivity index is 2.23. The molecule has 1 aromatic rings. The van der Waals surface area contributed by atoms with Crippen LogP contribution in [0.25, 0.3) is 4.91 Å². The van der Waals surface area contributed by atoms with Gasteiger partial charge in [0.2, 0.25) is 0 Å². The molecule has 0 saturated carbocycles. The molecule has 1 aliphatic rings. The molecule has 1 aliphatic heterocycles. The number of hydrogen-bond acceptors (Lipinski definition) is 3. The van der Waals surface area contributed by atoms with Gasteiger partial charge in [-0.2, -0.15) is 0 Å². The van der Waals surface area contributed by atoms with Crippen molar-refractivity contribution in [2.45, 2.75) is 0 Å². The van der Waals surface area contributed by atoms with Gasteiger partial charge in [0.15, 0.2) is 0 Å². The zero-order valence-corrected chi connectivity index (χ0v) is 9.62. The molecule has 0 aromatic heterocycles. The van der Waals surface area contributed by atoms with Crippen molar-refractivity contribution in [3.05, 3.63) is 48.2 Å². The summed E-state index contributed by atoms with van der Waals surface area (Å²) in [7, 11) is 4.07. The second kappa shape index (κ2) is 4.45. The molecular weight excluding hydrogens is 206 g/mol. The van der Waals surface area contributed by atoms with Crippen LogP contribution in [0.4, 0.5) is 5.69 Å². The van der Waals surface area contributed by atoms with Crippen molar-refractivity contribution >= 4 is 22.6 Å². The van der Waals surface area contributed by atoms with Crippen molar-refractivity contribution in [2.24, 2.45) is 0 Å². The van der Waals surface area contributed by atoms with E-state index in [1.54, 1.807) is 6.26 Å². The zero-order chi connectivity index (χ0) is 10.7. The standard InChI is InChI=1S/C12H13NOS/c1-13(2)11-7-5-10(6-8-11)12-4-3-9-14-15-12/h3-9H,1-2H3. The minimum Gasteiger partial charge on any atom is -0.428 e. The SMILES string of the molecule is CN(C)c1ccc(C2=CC=COS2)cc1. The maximum absolute atomic E-state index is 5.17. The third-order valence-electron chi connectivity index (χ3n) is 2.19. The lowest BCUT2D eigenvalue weighted by molar-refractivity contribution is 0.570. The highest BCUT2D eigenvalue weighted by atomic mass is 32.2. The molecule has 2 rings (SSSR count). The molecule has 0 amide bonds. The smallest absolute Gasteiger partial charge is 0.102 e. The van der Waals surface area contributed by atoms with Crippen molar-refractivity contribution in [3.8, 4) is 0 Å². The van der Waals surface area contributed by atoms with Crippen LogP contribution in [0.2, 0.25) is 0 Å². The van der Waals surface area contributed by atoms with E-state index in [0.29, 0.717) is 0 Å². The van der Waals surface area contributed by atoms with E-state index in [1.807, 2.05) is 20.2 Å². The Bertz CT molecular complexity index is 393. The summed E-state index contributed by atoms with van der Waals surface area (Å²) in [5, 5.41) is 0. The lowest BCUT2D eigenvalue weighted by Gasteiger charge is -2.13. The summed E-state index contributed by atoms with van der Waals surface area (Å²) in [5.41, 5.74) is 2.39. The molecule has 1 aromatic carbocycles. The number of nitrogens with zero attached hydrogens (tertiary/aromatic N) is 1. The molecule has 0 aliphatic carbocycles. The maximum Gasteiger partial charge on any atom is 0.102 e. The first kappa shape index (κ1) is 10.2. The Morgan fingerprint density at radius 3 is 2.40 bits per heavy atom. The van der Waals surface area contributed by atoms with Gasteiger partial charge in [0, 0.05) is 19.8 Å². The van der Waals surface area contributed by atoms with E-state index < -0.39 is 0 Å². The fourth-order valence-electron chi connectivity index (χ4n) is 1.33. The predicted molar refractivity (Wildman–Crippen MR) is 66.6 cm³/mol. The minimum atomic E-state index is 1.14. The van der Waals surface area contributed by atoms with Crippen molar-refractivity contribution in [2.75, 3.05) is 19.0 Å². The quantitative estimate of drug-likeness (QED) is 0.708. The van der Waals surface area contributed by atoms with Gasteiger partial charge in [0.25, 0.3) is 0 Å². The first-order valence-electron chi connectivity index (χ1n) is 4.75. The molecule has 0 spiro atoms. The van der Waals surface area contributed by atoms with Gasteiger partial charge in [-0.05, 0) is 29.8 Å². The Hall–Kier alpha value is -1.35. The molecule has 2 nitrogen and oxygen atoms in total. The molecule has 78 valence electrons. The van der Waals surface area contributed by atoms with E-state index >= 15 is 0 Å². The second-order valence-electron chi connectivity index (χ2n) is 3.48. The summed E-state index contributed by atoms with van der Waals surface area (Å²) in [6.45, 7) is 0. The normalized spacial score (nSPS) is 14.4. The molecule has 15 heavy (non-hydrogen) atoms. The number of rotatable bonds is 2. The highest BCUT2D eigenvalue weighted by molar-refractivity contribution is 8.04. The van der Waals surface area contributed by atoms with Crippen LogP contribution < -0.4 is 4.90 Å². The van der Waals surface area contributed by atoms with Gasteiger partial charge in [-0.15, -0.1) is 0 Å². The molecule has 1 heterocycles. The van der Waals surface area contributed by atoms with Crippen LogP contribution in [-0.4, -0.2) is 14.1 Å². The lowest BCUT2D eigenvalue weighted by Crippen LogP contribution is -2.08. The minimum absolute atomic E-state index is 1.14. The van der Waals surface area contributed by atoms with E-state index in [4.69, 9.17) is 4.18 Å². The largest absolute Gasteiger partial charge is 0.428 e. The fourth-order valence-corrected chi connectivity index (χ4v) is 1.92. The maximum atomic E-state index is 5.17. The van der Waals surface area contributed by atoms with E-state index in [0.717, 1.165) is 4.91 Å². The van der Waals surface area contributed by atoms with Gasteiger partial charge >= 0.3 is 0 Å². The van der Waals surface area contributed by atoms with Crippen LogP contribution in [0, 0.1) is 0 Å². The van der Waals surface area contributed by atoms with Crippen molar-refractivity contribution < 1.29 is 4.18 Å². The summed E-state index contributed by atoms with van der Waals surface area (Å²) in [6.07, 6.45) is 5.65. The molecule has 0 N–H and O–H groups in total. The number of anilines is 1. The van der Waals surface area contributed by atoms with E-state index in [9.17, 15) is 0 Å². The lowest BCUT2D eigenvalue weighted by atomic mass is 10.2. The highest BCUT2D eigenvalue weighted by Crippen LogP contribution is 2.31. The first-order valence-corrected chi connectivity index (χ1v) is 5.49. The number of hydrogen-bond donors (Lipinski definition) is 0. The molecule has 3 heteroatoms. The molecule has 0 atom stereocenters. The average molecular weight is 219 g/mol. The van der Waals surface area contributed by atoms with Gasteiger partial charge in [-0.1, -0.05) is 12.1 Å². The van der Waals surface area contributed by atoms with Gasteiger partial charge in [0.1, 0.15) is 6.26 Å². The van der Waals surface area contributed by atoms with Gasteiger partial charge in [-0.25, -0.2) is 0 Å². The number of allylic oxidation sites excluding steroid dienone is 2. The van der Waals surface area contributed by atoms with Crippen molar-refractivity contribution in [1.29, 1.82) is 0 Å².